The quantitative estimate of drug-likeness (QED) is 0.864. The first-order chi connectivity index (χ1) is 7.79. The van der Waals surface area contributed by atoms with Crippen molar-refractivity contribution in [1.82, 2.24) is 14.3 Å². The number of nitrogens with zero attached hydrogens (tertiary/aromatic N) is 3. The van der Waals surface area contributed by atoms with E-state index in [1.165, 1.54) is 11.5 Å². The molecule has 1 saturated heterocycles. The van der Waals surface area contributed by atoms with Gasteiger partial charge in [0, 0.05) is 31.2 Å². The van der Waals surface area contributed by atoms with Gasteiger partial charge in [0.15, 0.2) is 5.82 Å². The average molecular weight is 242 g/mol. The number of likely N-dealkylation sites (N-methyl/N-ethyl adjacent to an activating group) is 1. The smallest absolute Gasteiger partial charge is 0.202 e. The lowest BCUT2D eigenvalue weighted by Crippen LogP contribution is -2.35. The first-order valence-corrected chi connectivity index (χ1v) is 6.44. The normalized spacial score (nSPS) is 22.2. The van der Waals surface area contributed by atoms with Gasteiger partial charge in [-0.05, 0) is 13.5 Å². The Morgan fingerprint density at radius 1 is 1.62 bits per heavy atom. The fourth-order valence-corrected chi connectivity index (χ4v) is 2.24. The van der Waals surface area contributed by atoms with Crippen molar-refractivity contribution in [3.05, 3.63) is 5.82 Å². The van der Waals surface area contributed by atoms with Crippen molar-refractivity contribution in [3.8, 4) is 0 Å². The Bertz CT molecular complexity index is 330. The zero-order valence-electron chi connectivity index (χ0n) is 9.77. The van der Waals surface area contributed by atoms with Crippen LogP contribution in [0, 0.1) is 0 Å². The predicted octanol–water partition coefficient (Wildman–Crippen LogP) is 1.36. The van der Waals surface area contributed by atoms with Gasteiger partial charge in [0.05, 0.1) is 6.61 Å². The van der Waals surface area contributed by atoms with E-state index < -0.39 is 0 Å². The van der Waals surface area contributed by atoms with Crippen molar-refractivity contribution >= 4 is 16.7 Å². The fourth-order valence-electron chi connectivity index (χ4n) is 1.60. The summed E-state index contributed by atoms with van der Waals surface area (Å²) in [7, 11) is 2.10. The Balaban J connectivity index is 1.95. The summed E-state index contributed by atoms with van der Waals surface area (Å²) in [6.07, 6.45) is 1.13. The number of hydrogen-bond donors (Lipinski definition) is 1. The van der Waals surface area contributed by atoms with Crippen LogP contribution in [0.1, 0.15) is 25.3 Å². The molecule has 1 unspecified atom stereocenters. The Labute approximate surface area is 100.0 Å². The number of ether oxygens (including phenoxy) is 1. The second-order valence-electron chi connectivity index (χ2n) is 4.01. The number of aromatic nitrogens is 2. The molecule has 1 atom stereocenters. The van der Waals surface area contributed by atoms with Gasteiger partial charge in [0.1, 0.15) is 6.10 Å². The highest BCUT2D eigenvalue weighted by atomic mass is 32.1. The molecule has 0 amide bonds. The number of nitrogens with one attached hydrogen (secondary N) is 1. The van der Waals surface area contributed by atoms with E-state index >= 15 is 0 Å². The summed E-state index contributed by atoms with van der Waals surface area (Å²) in [5.74, 6) is 0.815. The molecular weight excluding hydrogens is 224 g/mol. The minimum atomic E-state index is 0.0344. The van der Waals surface area contributed by atoms with Gasteiger partial charge in [-0.15, -0.1) is 0 Å². The Hall–Kier alpha value is -0.720. The van der Waals surface area contributed by atoms with E-state index in [0.717, 1.165) is 43.6 Å². The number of hydrogen-bond acceptors (Lipinski definition) is 6. The molecule has 1 N–H and O–H groups in total. The second-order valence-corrected chi connectivity index (χ2v) is 4.76. The zero-order valence-corrected chi connectivity index (χ0v) is 10.6. The minimum Gasteiger partial charge on any atom is -0.367 e. The maximum atomic E-state index is 5.66. The van der Waals surface area contributed by atoms with Crippen molar-refractivity contribution in [2.24, 2.45) is 0 Å². The van der Waals surface area contributed by atoms with Gasteiger partial charge >= 0.3 is 0 Å². The van der Waals surface area contributed by atoms with Gasteiger partial charge in [0.2, 0.25) is 5.13 Å². The van der Waals surface area contributed by atoms with Crippen LogP contribution in [0.25, 0.3) is 0 Å². The number of rotatable bonds is 4. The van der Waals surface area contributed by atoms with E-state index in [0.29, 0.717) is 0 Å². The third-order valence-corrected chi connectivity index (χ3v) is 3.21. The molecule has 0 aromatic carbocycles. The Kier molecular flexibility index (Phi) is 4.09. The fraction of sp³-hybridized carbons (Fsp3) is 0.800. The maximum Gasteiger partial charge on any atom is 0.202 e. The van der Waals surface area contributed by atoms with Crippen LogP contribution in [-0.4, -0.2) is 47.5 Å². The second kappa shape index (κ2) is 5.56. The average Bonchev–Trinajstić information content (AvgIpc) is 2.75. The van der Waals surface area contributed by atoms with Crippen molar-refractivity contribution in [2.75, 3.05) is 38.6 Å². The summed E-state index contributed by atoms with van der Waals surface area (Å²) in [4.78, 5) is 6.69. The first-order valence-electron chi connectivity index (χ1n) is 5.67. The van der Waals surface area contributed by atoms with Crippen LogP contribution in [0.3, 0.4) is 0 Å². The summed E-state index contributed by atoms with van der Waals surface area (Å²) in [6, 6.07) is 0. The zero-order chi connectivity index (χ0) is 11.4. The van der Waals surface area contributed by atoms with E-state index in [4.69, 9.17) is 4.74 Å². The van der Waals surface area contributed by atoms with Crippen molar-refractivity contribution in [2.45, 2.75) is 19.4 Å². The molecule has 1 aliphatic heterocycles. The maximum absolute atomic E-state index is 5.66. The van der Waals surface area contributed by atoms with E-state index in [1.54, 1.807) is 0 Å². The van der Waals surface area contributed by atoms with Crippen molar-refractivity contribution in [1.29, 1.82) is 0 Å². The molecule has 0 saturated carbocycles. The van der Waals surface area contributed by atoms with Gasteiger partial charge in [0.25, 0.3) is 0 Å². The molecule has 0 radical (unpaired) electrons. The van der Waals surface area contributed by atoms with Gasteiger partial charge in [-0.3, -0.25) is 0 Å². The lowest BCUT2D eigenvalue weighted by molar-refractivity contribution is -0.0248. The van der Waals surface area contributed by atoms with Crippen LogP contribution >= 0.6 is 11.5 Å². The van der Waals surface area contributed by atoms with Crippen molar-refractivity contribution in [3.63, 3.8) is 0 Å². The van der Waals surface area contributed by atoms with E-state index in [-0.39, 0.29) is 6.10 Å². The van der Waals surface area contributed by atoms with Gasteiger partial charge in [-0.25, -0.2) is 4.98 Å². The molecule has 0 spiro atoms. The Morgan fingerprint density at radius 3 is 3.25 bits per heavy atom. The van der Waals surface area contributed by atoms with Crippen LogP contribution in [0.2, 0.25) is 0 Å². The summed E-state index contributed by atoms with van der Waals surface area (Å²) >= 11 is 1.41. The number of morpholine rings is 1. The molecule has 0 bridgehead atoms. The van der Waals surface area contributed by atoms with Gasteiger partial charge < -0.3 is 15.0 Å². The lowest BCUT2D eigenvalue weighted by Gasteiger charge is -2.28. The van der Waals surface area contributed by atoms with Crippen LogP contribution in [0.5, 0.6) is 0 Å². The van der Waals surface area contributed by atoms with Crippen LogP contribution in [0.4, 0.5) is 5.13 Å². The minimum absolute atomic E-state index is 0.0344. The largest absolute Gasteiger partial charge is 0.367 e. The Morgan fingerprint density at radius 2 is 2.50 bits per heavy atom. The molecule has 1 aliphatic rings. The lowest BCUT2D eigenvalue weighted by atomic mass is 10.3. The molecule has 6 heteroatoms. The molecule has 0 aliphatic carbocycles. The van der Waals surface area contributed by atoms with Crippen molar-refractivity contribution < 1.29 is 4.74 Å². The van der Waals surface area contributed by atoms with Crippen LogP contribution < -0.4 is 5.32 Å². The van der Waals surface area contributed by atoms with Gasteiger partial charge in [-0.2, -0.15) is 4.37 Å². The molecule has 2 heterocycles. The third kappa shape index (κ3) is 2.90. The summed E-state index contributed by atoms with van der Waals surface area (Å²) < 4.78 is 10.0. The molecule has 16 heavy (non-hydrogen) atoms. The topological polar surface area (TPSA) is 50.3 Å². The third-order valence-electron chi connectivity index (χ3n) is 2.53. The SMILES string of the molecule is CCCNc1nc(C2CN(C)CCO2)ns1. The first kappa shape index (κ1) is 11.8. The van der Waals surface area contributed by atoms with E-state index in [2.05, 4.69) is 33.5 Å². The van der Waals surface area contributed by atoms with Crippen LogP contribution in [0.15, 0.2) is 0 Å². The molecule has 5 nitrogen and oxygen atoms in total. The molecule has 1 fully saturated rings. The summed E-state index contributed by atoms with van der Waals surface area (Å²) in [6.45, 7) is 5.71. The standard InChI is InChI=1S/C10H18N4OS/c1-3-4-11-10-12-9(13-16-10)8-7-14(2)5-6-15-8/h8H,3-7H2,1-2H3,(H,11,12,13). The highest BCUT2D eigenvalue weighted by Gasteiger charge is 2.23. The molecule has 90 valence electrons. The highest BCUT2D eigenvalue weighted by molar-refractivity contribution is 7.09. The van der Waals surface area contributed by atoms with E-state index in [1.807, 2.05) is 0 Å². The summed E-state index contributed by atoms with van der Waals surface area (Å²) in [5, 5.41) is 4.14. The molecule has 1 aromatic heterocycles. The van der Waals surface area contributed by atoms with E-state index in [9.17, 15) is 0 Å². The molecule has 1 aromatic rings. The highest BCUT2D eigenvalue weighted by Crippen LogP contribution is 2.22. The monoisotopic (exact) mass is 242 g/mol. The molecular formula is C10H18N4OS. The molecule has 2 rings (SSSR count). The van der Waals surface area contributed by atoms with Crippen LogP contribution in [-0.2, 0) is 4.74 Å². The van der Waals surface area contributed by atoms with Gasteiger partial charge in [-0.1, -0.05) is 6.92 Å². The summed E-state index contributed by atoms with van der Waals surface area (Å²) in [5.41, 5.74) is 0. The number of anilines is 1. The predicted molar refractivity (Wildman–Crippen MR) is 64.9 cm³/mol.